The molecule has 1 aliphatic heterocycles. The summed E-state index contributed by atoms with van der Waals surface area (Å²) in [5, 5.41) is 11.1. The van der Waals surface area contributed by atoms with Crippen LogP contribution in [-0.4, -0.2) is 36.6 Å². The Morgan fingerprint density at radius 2 is 2.16 bits per heavy atom. The van der Waals surface area contributed by atoms with E-state index in [1.807, 2.05) is 6.92 Å². The van der Waals surface area contributed by atoms with Gasteiger partial charge in [0.1, 0.15) is 5.69 Å². The van der Waals surface area contributed by atoms with Gasteiger partial charge in [-0.2, -0.15) is 0 Å². The molecule has 1 saturated heterocycles. The highest BCUT2D eigenvalue weighted by Gasteiger charge is 2.42. The first-order valence-corrected chi connectivity index (χ1v) is 5.75. The van der Waals surface area contributed by atoms with Crippen LogP contribution in [0.3, 0.4) is 0 Å². The third kappa shape index (κ3) is 2.24. The zero-order valence-corrected chi connectivity index (χ0v) is 10.8. The number of rotatable bonds is 4. The topological polar surface area (TPSA) is 98.7 Å². The van der Waals surface area contributed by atoms with Crippen LogP contribution in [0.4, 0.5) is 11.4 Å². The third-order valence-corrected chi connectivity index (χ3v) is 3.34. The largest absolute Gasteiger partial charge is 0.375 e. The number of methoxy groups -OCH3 is 1. The Morgan fingerprint density at radius 3 is 2.63 bits per heavy atom. The first kappa shape index (κ1) is 13.3. The second kappa shape index (κ2) is 4.51. The van der Waals surface area contributed by atoms with Gasteiger partial charge in [0.05, 0.1) is 16.1 Å². The minimum Gasteiger partial charge on any atom is -0.375 e. The summed E-state index contributed by atoms with van der Waals surface area (Å²) in [4.78, 5) is 23.7. The Kier molecular flexibility index (Phi) is 3.15. The number of carbonyl (C=O) groups is 1. The highest BCUT2D eigenvalue weighted by atomic mass is 16.6. The first-order valence-electron chi connectivity index (χ1n) is 5.75. The lowest BCUT2D eigenvalue weighted by Gasteiger charge is -2.48. The predicted octanol–water partition coefficient (Wildman–Crippen LogP) is 0.919. The number of para-hydroxylation sites is 1. The molecule has 1 aromatic rings. The van der Waals surface area contributed by atoms with Gasteiger partial charge in [-0.3, -0.25) is 14.9 Å². The molecule has 0 unspecified atom stereocenters. The molecule has 0 spiro atoms. The molecule has 7 heteroatoms. The van der Waals surface area contributed by atoms with Gasteiger partial charge in [0.25, 0.3) is 11.6 Å². The van der Waals surface area contributed by atoms with E-state index in [0.29, 0.717) is 13.1 Å². The van der Waals surface area contributed by atoms with E-state index in [1.54, 1.807) is 12.0 Å². The van der Waals surface area contributed by atoms with Crippen molar-refractivity contribution in [2.24, 2.45) is 5.73 Å². The molecule has 0 aromatic heterocycles. The lowest BCUT2D eigenvalue weighted by Crippen LogP contribution is -2.61. The summed E-state index contributed by atoms with van der Waals surface area (Å²) in [6.45, 7) is 2.87. The standard InChI is InChI=1S/C12H15N3O4/c1-12(19-2)6-14(7-12)10-8(11(13)16)4-3-5-9(10)15(17)18/h3-5H,6-7H2,1-2H3,(H2,13,16). The summed E-state index contributed by atoms with van der Waals surface area (Å²) in [6, 6.07) is 4.31. The molecule has 102 valence electrons. The summed E-state index contributed by atoms with van der Waals surface area (Å²) in [5.41, 5.74) is 5.25. The van der Waals surface area contributed by atoms with Crippen LogP contribution in [0.2, 0.25) is 0 Å². The van der Waals surface area contributed by atoms with Crippen LogP contribution in [0.1, 0.15) is 17.3 Å². The van der Waals surface area contributed by atoms with Gasteiger partial charge in [0.2, 0.25) is 0 Å². The van der Waals surface area contributed by atoms with Gasteiger partial charge >= 0.3 is 0 Å². The number of hydrogen-bond acceptors (Lipinski definition) is 5. The van der Waals surface area contributed by atoms with Gasteiger partial charge in [0, 0.05) is 26.3 Å². The number of nitrogens with two attached hydrogens (primary N) is 1. The van der Waals surface area contributed by atoms with Crippen LogP contribution in [0.15, 0.2) is 18.2 Å². The van der Waals surface area contributed by atoms with Crippen molar-refractivity contribution in [2.45, 2.75) is 12.5 Å². The number of carbonyl (C=O) groups excluding carboxylic acids is 1. The molecule has 1 fully saturated rings. The number of hydrogen-bond donors (Lipinski definition) is 1. The average molecular weight is 265 g/mol. The van der Waals surface area contributed by atoms with Crippen LogP contribution in [-0.2, 0) is 4.74 Å². The molecule has 1 aliphatic rings. The van der Waals surface area contributed by atoms with Crippen molar-refractivity contribution in [3.8, 4) is 0 Å². The fourth-order valence-electron chi connectivity index (χ4n) is 2.26. The molecule has 0 bridgehead atoms. The Morgan fingerprint density at radius 1 is 1.53 bits per heavy atom. The third-order valence-electron chi connectivity index (χ3n) is 3.34. The lowest BCUT2D eigenvalue weighted by atomic mass is 9.94. The molecule has 19 heavy (non-hydrogen) atoms. The Labute approximate surface area is 110 Å². The maximum Gasteiger partial charge on any atom is 0.293 e. The van der Waals surface area contributed by atoms with Crippen LogP contribution in [0.25, 0.3) is 0 Å². The molecule has 1 heterocycles. The smallest absolute Gasteiger partial charge is 0.293 e. The summed E-state index contributed by atoms with van der Waals surface area (Å²) >= 11 is 0. The molecular weight excluding hydrogens is 250 g/mol. The zero-order valence-electron chi connectivity index (χ0n) is 10.8. The van der Waals surface area contributed by atoms with Gasteiger partial charge in [-0.1, -0.05) is 6.07 Å². The Balaban J connectivity index is 2.43. The second-order valence-corrected chi connectivity index (χ2v) is 4.80. The molecular formula is C12H15N3O4. The molecule has 0 aliphatic carbocycles. The number of nitro groups is 1. The van der Waals surface area contributed by atoms with E-state index in [-0.39, 0.29) is 22.5 Å². The normalized spacial score (nSPS) is 16.8. The summed E-state index contributed by atoms with van der Waals surface area (Å²) in [5.74, 6) is -0.676. The van der Waals surface area contributed by atoms with Crippen LogP contribution in [0.5, 0.6) is 0 Å². The van der Waals surface area contributed by atoms with Gasteiger partial charge in [-0.25, -0.2) is 0 Å². The van der Waals surface area contributed by atoms with E-state index >= 15 is 0 Å². The van der Waals surface area contributed by atoms with Gasteiger partial charge in [-0.15, -0.1) is 0 Å². The van der Waals surface area contributed by atoms with Crippen molar-refractivity contribution in [3.05, 3.63) is 33.9 Å². The van der Waals surface area contributed by atoms with E-state index in [0.717, 1.165) is 0 Å². The van der Waals surface area contributed by atoms with Gasteiger partial charge < -0.3 is 15.4 Å². The first-order chi connectivity index (χ1) is 8.88. The average Bonchev–Trinajstić information content (AvgIpc) is 2.33. The predicted molar refractivity (Wildman–Crippen MR) is 69.2 cm³/mol. The van der Waals surface area contributed by atoms with E-state index in [9.17, 15) is 14.9 Å². The quantitative estimate of drug-likeness (QED) is 0.644. The number of nitro benzene ring substituents is 1. The molecule has 1 aromatic carbocycles. The van der Waals surface area contributed by atoms with E-state index < -0.39 is 10.8 Å². The van der Waals surface area contributed by atoms with Crippen LogP contribution in [0, 0.1) is 10.1 Å². The molecule has 1 amide bonds. The maximum atomic E-state index is 11.4. The van der Waals surface area contributed by atoms with Crippen molar-refractivity contribution in [2.75, 3.05) is 25.1 Å². The number of primary amides is 1. The molecule has 2 rings (SSSR count). The molecule has 2 N–H and O–H groups in total. The maximum absolute atomic E-state index is 11.4. The second-order valence-electron chi connectivity index (χ2n) is 4.80. The van der Waals surface area contributed by atoms with Crippen molar-refractivity contribution in [1.29, 1.82) is 0 Å². The van der Waals surface area contributed by atoms with E-state index in [2.05, 4.69) is 0 Å². The zero-order chi connectivity index (χ0) is 14.2. The Bertz CT molecular complexity index is 506. The molecule has 0 radical (unpaired) electrons. The van der Waals surface area contributed by atoms with Crippen molar-refractivity contribution in [1.82, 2.24) is 0 Å². The fraction of sp³-hybridized carbons (Fsp3) is 0.417. The monoisotopic (exact) mass is 265 g/mol. The van der Waals surface area contributed by atoms with Crippen LogP contribution < -0.4 is 10.6 Å². The summed E-state index contributed by atoms with van der Waals surface area (Å²) in [6.07, 6.45) is 0. The van der Waals surface area contributed by atoms with E-state index in [4.69, 9.17) is 10.5 Å². The SMILES string of the molecule is COC1(C)CN(c2c(C(N)=O)cccc2[N+](=O)[O-])C1. The highest BCUT2D eigenvalue weighted by Crippen LogP contribution is 2.38. The Hall–Kier alpha value is -2.15. The van der Waals surface area contributed by atoms with Crippen molar-refractivity contribution >= 4 is 17.3 Å². The minimum atomic E-state index is -0.676. The molecule has 0 saturated carbocycles. The number of nitrogens with zero attached hydrogens (tertiary/aromatic N) is 2. The van der Waals surface area contributed by atoms with Gasteiger partial charge in [0.15, 0.2) is 0 Å². The molecule has 0 atom stereocenters. The van der Waals surface area contributed by atoms with Crippen molar-refractivity contribution in [3.63, 3.8) is 0 Å². The summed E-state index contributed by atoms with van der Waals surface area (Å²) in [7, 11) is 1.59. The lowest BCUT2D eigenvalue weighted by molar-refractivity contribution is -0.384. The van der Waals surface area contributed by atoms with Crippen LogP contribution >= 0.6 is 0 Å². The summed E-state index contributed by atoms with van der Waals surface area (Å²) < 4.78 is 5.30. The number of benzene rings is 1. The fourth-order valence-corrected chi connectivity index (χ4v) is 2.26. The highest BCUT2D eigenvalue weighted by molar-refractivity contribution is 6.01. The molecule has 7 nitrogen and oxygen atoms in total. The van der Waals surface area contributed by atoms with Gasteiger partial charge in [-0.05, 0) is 13.0 Å². The number of amides is 1. The van der Waals surface area contributed by atoms with E-state index in [1.165, 1.54) is 18.2 Å². The van der Waals surface area contributed by atoms with Crippen molar-refractivity contribution < 1.29 is 14.5 Å². The minimum absolute atomic E-state index is 0.116. The number of ether oxygens (including phenoxy) is 1. The number of anilines is 1.